The van der Waals surface area contributed by atoms with Crippen LogP contribution in [0.5, 0.6) is 0 Å². The highest BCUT2D eigenvalue weighted by atomic mass is 15.3. The maximum atomic E-state index is 4.83. The molecule has 1 aromatic carbocycles. The van der Waals surface area contributed by atoms with E-state index in [1.165, 1.54) is 5.69 Å². The van der Waals surface area contributed by atoms with E-state index in [0.29, 0.717) is 18.0 Å². The van der Waals surface area contributed by atoms with Crippen LogP contribution in [0.4, 0.5) is 23.3 Å². The summed E-state index contributed by atoms with van der Waals surface area (Å²) in [5, 5.41) is 17.8. The van der Waals surface area contributed by atoms with Crippen LogP contribution in [-0.4, -0.2) is 36.6 Å². The molecule has 5 rings (SSSR count). The number of fused-ring (bicyclic) bond motifs is 1. The second kappa shape index (κ2) is 8.29. The normalized spacial score (nSPS) is 18.8. The highest BCUT2D eigenvalue weighted by molar-refractivity contribution is 5.60. The fraction of sp³-hybridized carbons (Fsp3) is 0.348. The van der Waals surface area contributed by atoms with Gasteiger partial charge < -0.3 is 16.0 Å². The van der Waals surface area contributed by atoms with Crippen LogP contribution in [0.2, 0.25) is 0 Å². The molecule has 1 fully saturated rings. The summed E-state index contributed by atoms with van der Waals surface area (Å²) in [5.41, 5.74) is 4.01. The molecule has 4 aromatic rings. The van der Waals surface area contributed by atoms with Gasteiger partial charge in [-0.1, -0.05) is 18.2 Å². The van der Waals surface area contributed by atoms with Crippen LogP contribution in [0, 0.1) is 13.8 Å². The van der Waals surface area contributed by atoms with Crippen LogP contribution in [0.3, 0.4) is 0 Å². The maximum Gasteiger partial charge on any atom is 0.216 e. The van der Waals surface area contributed by atoms with Gasteiger partial charge in [0, 0.05) is 41.8 Å². The summed E-state index contributed by atoms with van der Waals surface area (Å²) in [5.74, 6) is 2.28. The standard InChI is InChI=1S/C23H28N8/c1-15-12-21(30-29-15)28-23-27-20(13-22-24-16(2)14-31(22)23)26-19-10-8-18(9-11-19)25-17-6-4-3-5-7-17/h3-7,12-14,18-19,25-26H,8-11H2,1-2H3,(H2,27,28,29,30). The molecule has 0 radical (unpaired) electrons. The molecule has 0 spiro atoms. The Bertz CT molecular complexity index is 1160. The molecule has 1 aliphatic rings. The van der Waals surface area contributed by atoms with E-state index in [0.717, 1.165) is 54.4 Å². The Kier molecular flexibility index (Phi) is 5.19. The lowest BCUT2D eigenvalue weighted by atomic mass is 9.91. The minimum Gasteiger partial charge on any atom is -0.382 e. The van der Waals surface area contributed by atoms with Gasteiger partial charge in [-0.05, 0) is 51.7 Å². The van der Waals surface area contributed by atoms with E-state index in [1.54, 1.807) is 0 Å². The second-order valence-corrected chi connectivity index (χ2v) is 8.34. The average Bonchev–Trinajstić information content (AvgIpc) is 3.35. The number of rotatable bonds is 6. The minimum atomic E-state index is 0.403. The summed E-state index contributed by atoms with van der Waals surface area (Å²) in [6.07, 6.45) is 6.45. The smallest absolute Gasteiger partial charge is 0.216 e. The molecule has 0 bridgehead atoms. The van der Waals surface area contributed by atoms with Crippen LogP contribution >= 0.6 is 0 Å². The third-order valence-corrected chi connectivity index (χ3v) is 5.74. The molecule has 31 heavy (non-hydrogen) atoms. The van der Waals surface area contributed by atoms with Crippen molar-refractivity contribution in [2.75, 3.05) is 16.0 Å². The predicted octanol–water partition coefficient (Wildman–Crippen LogP) is 4.65. The monoisotopic (exact) mass is 416 g/mol. The zero-order valence-corrected chi connectivity index (χ0v) is 17.9. The number of para-hydroxylation sites is 1. The summed E-state index contributed by atoms with van der Waals surface area (Å²) in [4.78, 5) is 9.47. The van der Waals surface area contributed by atoms with Gasteiger partial charge in [0.2, 0.25) is 5.95 Å². The molecular formula is C23H28N8. The van der Waals surface area contributed by atoms with Crippen LogP contribution in [0.1, 0.15) is 37.1 Å². The van der Waals surface area contributed by atoms with Crippen LogP contribution in [0.25, 0.3) is 5.65 Å². The van der Waals surface area contributed by atoms with E-state index in [1.807, 2.05) is 42.6 Å². The number of anilines is 4. The molecule has 4 N–H and O–H groups in total. The summed E-state index contributed by atoms with van der Waals surface area (Å²) < 4.78 is 1.96. The zero-order chi connectivity index (χ0) is 21.2. The predicted molar refractivity (Wildman–Crippen MR) is 124 cm³/mol. The van der Waals surface area contributed by atoms with Gasteiger partial charge >= 0.3 is 0 Å². The van der Waals surface area contributed by atoms with E-state index in [4.69, 9.17) is 4.98 Å². The van der Waals surface area contributed by atoms with E-state index in [9.17, 15) is 0 Å². The van der Waals surface area contributed by atoms with Crippen LogP contribution < -0.4 is 16.0 Å². The van der Waals surface area contributed by atoms with E-state index >= 15 is 0 Å². The van der Waals surface area contributed by atoms with Crippen LogP contribution in [-0.2, 0) is 0 Å². The Balaban J connectivity index is 1.28. The van der Waals surface area contributed by atoms with Crippen molar-refractivity contribution in [1.29, 1.82) is 0 Å². The SMILES string of the molecule is Cc1cn2c(Nc3cc(C)[nH]n3)nc(NC3CCC(Nc4ccccc4)CC3)cc2n1. The Hall–Kier alpha value is -3.55. The quantitative estimate of drug-likeness (QED) is 0.366. The van der Waals surface area contributed by atoms with Gasteiger partial charge in [-0.3, -0.25) is 9.50 Å². The number of nitrogens with zero attached hydrogens (tertiary/aromatic N) is 4. The van der Waals surface area contributed by atoms with Gasteiger partial charge in [0.05, 0.1) is 5.69 Å². The largest absolute Gasteiger partial charge is 0.382 e. The molecule has 3 heterocycles. The first kappa shape index (κ1) is 19.4. The Morgan fingerprint density at radius 1 is 0.903 bits per heavy atom. The highest BCUT2D eigenvalue weighted by Gasteiger charge is 2.22. The Labute approximate surface area is 181 Å². The fourth-order valence-electron chi connectivity index (χ4n) is 4.23. The zero-order valence-electron chi connectivity index (χ0n) is 17.9. The fourth-order valence-corrected chi connectivity index (χ4v) is 4.23. The third kappa shape index (κ3) is 4.47. The molecule has 0 amide bonds. The third-order valence-electron chi connectivity index (χ3n) is 5.74. The Morgan fingerprint density at radius 2 is 1.65 bits per heavy atom. The van der Waals surface area contributed by atoms with Gasteiger partial charge in [0.1, 0.15) is 11.5 Å². The Morgan fingerprint density at radius 3 is 2.35 bits per heavy atom. The molecule has 3 aromatic heterocycles. The molecule has 1 saturated carbocycles. The lowest BCUT2D eigenvalue weighted by Crippen LogP contribution is -2.32. The maximum absolute atomic E-state index is 4.83. The first-order valence-electron chi connectivity index (χ1n) is 10.9. The lowest BCUT2D eigenvalue weighted by Gasteiger charge is -2.30. The number of aromatic amines is 1. The average molecular weight is 417 g/mol. The number of hydrogen-bond donors (Lipinski definition) is 4. The number of aromatic nitrogens is 5. The van der Waals surface area contributed by atoms with E-state index < -0.39 is 0 Å². The first-order valence-corrected chi connectivity index (χ1v) is 10.9. The molecule has 0 saturated heterocycles. The molecule has 0 atom stereocenters. The molecule has 1 aliphatic carbocycles. The lowest BCUT2D eigenvalue weighted by molar-refractivity contribution is 0.428. The van der Waals surface area contributed by atoms with Crippen molar-refractivity contribution in [1.82, 2.24) is 24.6 Å². The van der Waals surface area contributed by atoms with Crippen molar-refractivity contribution in [3.63, 3.8) is 0 Å². The molecule has 160 valence electrons. The number of H-pyrrole nitrogens is 1. The molecule has 8 nitrogen and oxygen atoms in total. The van der Waals surface area contributed by atoms with Crippen molar-refractivity contribution in [3.05, 3.63) is 60.0 Å². The van der Waals surface area contributed by atoms with Crippen molar-refractivity contribution < 1.29 is 0 Å². The van der Waals surface area contributed by atoms with E-state index in [2.05, 4.69) is 55.4 Å². The number of benzene rings is 1. The van der Waals surface area contributed by atoms with Crippen molar-refractivity contribution >= 4 is 28.9 Å². The topological polar surface area (TPSA) is 95.0 Å². The van der Waals surface area contributed by atoms with Gasteiger partial charge in [-0.25, -0.2) is 4.98 Å². The second-order valence-electron chi connectivity index (χ2n) is 8.34. The minimum absolute atomic E-state index is 0.403. The summed E-state index contributed by atoms with van der Waals surface area (Å²) in [7, 11) is 0. The first-order chi connectivity index (χ1) is 15.1. The number of hydrogen-bond acceptors (Lipinski definition) is 6. The number of aryl methyl sites for hydroxylation is 2. The molecular weight excluding hydrogens is 388 g/mol. The summed E-state index contributed by atoms with van der Waals surface area (Å²) >= 11 is 0. The van der Waals surface area contributed by atoms with Crippen molar-refractivity contribution in [2.24, 2.45) is 0 Å². The van der Waals surface area contributed by atoms with Gasteiger partial charge in [-0.2, -0.15) is 10.1 Å². The number of imidazole rings is 1. The van der Waals surface area contributed by atoms with Gasteiger partial charge in [-0.15, -0.1) is 0 Å². The molecule has 8 heteroatoms. The van der Waals surface area contributed by atoms with E-state index in [-0.39, 0.29) is 0 Å². The highest BCUT2D eigenvalue weighted by Crippen LogP contribution is 2.26. The summed E-state index contributed by atoms with van der Waals surface area (Å²) in [6.45, 7) is 3.97. The van der Waals surface area contributed by atoms with Gasteiger partial charge in [0.15, 0.2) is 5.82 Å². The van der Waals surface area contributed by atoms with Crippen LogP contribution in [0.15, 0.2) is 48.7 Å². The molecule has 0 unspecified atom stereocenters. The number of nitrogens with one attached hydrogen (secondary N) is 4. The summed E-state index contributed by atoms with van der Waals surface area (Å²) in [6, 6.07) is 15.4. The molecule has 0 aliphatic heterocycles. The van der Waals surface area contributed by atoms with Crippen molar-refractivity contribution in [3.8, 4) is 0 Å². The van der Waals surface area contributed by atoms with Gasteiger partial charge in [0.25, 0.3) is 0 Å². The van der Waals surface area contributed by atoms with Crippen molar-refractivity contribution in [2.45, 2.75) is 51.6 Å².